The first-order valence-electron chi connectivity index (χ1n) is 7.30. The second-order valence-electron chi connectivity index (χ2n) is 5.92. The maximum absolute atomic E-state index is 13.5. The van der Waals surface area contributed by atoms with Gasteiger partial charge in [-0.15, -0.1) is 0 Å². The normalized spacial score (nSPS) is 26.2. The van der Waals surface area contributed by atoms with Crippen LogP contribution in [0.15, 0.2) is 23.1 Å². The third kappa shape index (κ3) is 3.62. The Labute approximate surface area is 126 Å². The lowest BCUT2D eigenvalue weighted by Gasteiger charge is -2.20. The van der Waals surface area contributed by atoms with Gasteiger partial charge < -0.3 is 5.32 Å². The fraction of sp³-hybridized carbons (Fsp3) is 0.600. The van der Waals surface area contributed by atoms with Gasteiger partial charge in [-0.3, -0.25) is 0 Å². The van der Waals surface area contributed by atoms with Gasteiger partial charge in [0.1, 0.15) is 5.82 Å². The Kier molecular flexibility index (Phi) is 5.01. The first-order valence-corrected chi connectivity index (χ1v) is 8.79. The van der Waals surface area contributed by atoms with Crippen molar-refractivity contribution in [2.45, 2.75) is 44.2 Å². The summed E-state index contributed by atoms with van der Waals surface area (Å²) in [6.45, 7) is 4.58. The molecule has 1 aliphatic rings. The Morgan fingerprint density at radius 2 is 2.00 bits per heavy atom. The van der Waals surface area contributed by atoms with Crippen molar-refractivity contribution in [1.29, 1.82) is 0 Å². The van der Waals surface area contributed by atoms with E-state index in [2.05, 4.69) is 23.9 Å². The minimum atomic E-state index is -3.71. The molecule has 0 bridgehead atoms. The van der Waals surface area contributed by atoms with Gasteiger partial charge in [-0.1, -0.05) is 19.9 Å². The number of rotatable bonds is 5. The van der Waals surface area contributed by atoms with Crippen LogP contribution >= 0.6 is 0 Å². The van der Waals surface area contributed by atoms with Crippen LogP contribution in [0.2, 0.25) is 0 Å². The van der Waals surface area contributed by atoms with Crippen LogP contribution in [0, 0.1) is 17.7 Å². The number of sulfonamides is 1. The largest absolute Gasteiger partial charge is 0.316 e. The van der Waals surface area contributed by atoms with E-state index < -0.39 is 15.8 Å². The SMILES string of the molecule is CNCc1ccc(F)cc1S(=O)(=O)NC1CCC(C)C1C. The fourth-order valence-corrected chi connectivity index (χ4v) is 4.52. The first kappa shape index (κ1) is 16.4. The summed E-state index contributed by atoms with van der Waals surface area (Å²) >= 11 is 0. The maximum atomic E-state index is 13.5. The standard InChI is InChI=1S/C15H23FN2O2S/c1-10-4-7-14(11(10)2)18-21(19,20)15-8-13(16)6-5-12(15)9-17-3/h5-6,8,10-11,14,17-18H,4,7,9H2,1-3H3. The summed E-state index contributed by atoms with van der Waals surface area (Å²) in [4.78, 5) is 0.0311. The van der Waals surface area contributed by atoms with E-state index in [1.807, 2.05) is 0 Å². The molecule has 2 N–H and O–H groups in total. The van der Waals surface area contributed by atoms with Crippen LogP contribution < -0.4 is 10.0 Å². The van der Waals surface area contributed by atoms with Crippen molar-refractivity contribution >= 4 is 10.0 Å². The lowest BCUT2D eigenvalue weighted by atomic mass is 9.98. The third-order valence-electron chi connectivity index (χ3n) is 4.46. The monoisotopic (exact) mass is 314 g/mol. The van der Waals surface area contributed by atoms with Gasteiger partial charge in [0.15, 0.2) is 0 Å². The molecular formula is C15H23FN2O2S. The molecule has 0 spiro atoms. The van der Waals surface area contributed by atoms with Crippen LogP contribution in [-0.4, -0.2) is 21.5 Å². The van der Waals surface area contributed by atoms with E-state index in [4.69, 9.17) is 0 Å². The highest BCUT2D eigenvalue weighted by atomic mass is 32.2. The molecule has 4 nitrogen and oxygen atoms in total. The molecule has 0 aliphatic heterocycles. The van der Waals surface area contributed by atoms with Gasteiger partial charge in [-0.2, -0.15) is 0 Å². The maximum Gasteiger partial charge on any atom is 0.241 e. The van der Waals surface area contributed by atoms with E-state index in [0.717, 1.165) is 18.9 Å². The zero-order valence-corrected chi connectivity index (χ0v) is 13.5. The molecule has 3 unspecified atom stereocenters. The van der Waals surface area contributed by atoms with Crippen molar-refractivity contribution in [3.63, 3.8) is 0 Å². The van der Waals surface area contributed by atoms with E-state index in [0.29, 0.717) is 23.9 Å². The molecule has 21 heavy (non-hydrogen) atoms. The Hall–Kier alpha value is -0.980. The summed E-state index contributed by atoms with van der Waals surface area (Å²) < 4.78 is 41.4. The lowest BCUT2D eigenvalue weighted by Crippen LogP contribution is -2.37. The lowest BCUT2D eigenvalue weighted by molar-refractivity contribution is 0.402. The van der Waals surface area contributed by atoms with Gasteiger partial charge in [0.05, 0.1) is 4.90 Å². The van der Waals surface area contributed by atoms with Crippen LogP contribution in [0.3, 0.4) is 0 Å². The molecule has 6 heteroatoms. The molecule has 3 atom stereocenters. The number of hydrogen-bond acceptors (Lipinski definition) is 3. The van der Waals surface area contributed by atoms with E-state index in [1.54, 1.807) is 7.05 Å². The van der Waals surface area contributed by atoms with Gasteiger partial charge in [-0.25, -0.2) is 17.5 Å². The topological polar surface area (TPSA) is 58.2 Å². The fourth-order valence-electron chi connectivity index (χ4n) is 2.91. The van der Waals surface area contributed by atoms with Crippen molar-refractivity contribution in [2.24, 2.45) is 11.8 Å². The van der Waals surface area contributed by atoms with Crippen LogP contribution in [0.4, 0.5) is 4.39 Å². The Bertz CT molecular complexity index is 604. The predicted octanol–water partition coefficient (Wildman–Crippen LogP) is 2.26. The van der Waals surface area contributed by atoms with Crippen LogP contribution in [0.25, 0.3) is 0 Å². The van der Waals surface area contributed by atoms with E-state index in [-0.39, 0.29) is 10.9 Å². The molecule has 0 saturated heterocycles. The quantitative estimate of drug-likeness (QED) is 0.876. The van der Waals surface area contributed by atoms with Gasteiger partial charge in [-0.05, 0) is 49.4 Å². The number of benzene rings is 1. The zero-order valence-electron chi connectivity index (χ0n) is 12.7. The first-order chi connectivity index (χ1) is 9.85. The summed E-state index contributed by atoms with van der Waals surface area (Å²) in [6, 6.07) is 3.82. The number of nitrogens with one attached hydrogen (secondary N) is 2. The van der Waals surface area contributed by atoms with E-state index >= 15 is 0 Å². The van der Waals surface area contributed by atoms with E-state index in [9.17, 15) is 12.8 Å². The molecule has 2 rings (SSSR count). The molecule has 0 radical (unpaired) electrons. The summed E-state index contributed by atoms with van der Waals surface area (Å²) in [5.74, 6) is 0.256. The van der Waals surface area contributed by atoms with Gasteiger partial charge >= 0.3 is 0 Å². The second kappa shape index (κ2) is 6.42. The Morgan fingerprint density at radius 1 is 1.29 bits per heavy atom. The van der Waals surface area contributed by atoms with Crippen LogP contribution in [0.5, 0.6) is 0 Å². The smallest absolute Gasteiger partial charge is 0.241 e. The summed E-state index contributed by atoms with van der Waals surface area (Å²) in [6.07, 6.45) is 1.85. The molecule has 0 aromatic heterocycles. The van der Waals surface area contributed by atoms with E-state index in [1.165, 1.54) is 12.1 Å². The molecule has 1 aliphatic carbocycles. The van der Waals surface area contributed by atoms with Crippen molar-refractivity contribution in [1.82, 2.24) is 10.0 Å². The molecule has 1 aromatic carbocycles. The van der Waals surface area contributed by atoms with Crippen molar-refractivity contribution in [2.75, 3.05) is 7.05 Å². The minimum absolute atomic E-state index is 0.0311. The molecule has 0 heterocycles. The molecule has 1 saturated carbocycles. The minimum Gasteiger partial charge on any atom is -0.316 e. The van der Waals surface area contributed by atoms with Crippen molar-refractivity contribution < 1.29 is 12.8 Å². The Morgan fingerprint density at radius 3 is 2.57 bits per heavy atom. The molecule has 1 aromatic rings. The summed E-state index contributed by atoms with van der Waals surface area (Å²) in [7, 11) is -1.98. The Balaban J connectivity index is 2.29. The average molecular weight is 314 g/mol. The second-order valence-corrected chi connectivity index (χ2v) is 7.61. The highest BCUT2D eigenvalue weighted by Gasteiger charge is 2.33. The highest BCUT2D eigenvalue weighted by Crippen LogP contribution is 2.32. The zero-order chi connectivity index (χ0) is 15.6. The van der Waals surface area contributed by atoms with Crippen LogP contribution in [-0.2, 0) is 16.6 Å². The number of hydrogen-bond donors (Lipinski definition) is 2. The van der Waals surface area contributed by atoms with Crippen molar-refractivity contribution in [3.8, 4) is 0 Å². The highest BCUT2D eigenvalue weighted by molar-refractivity contribution is 7.89. The molecular weight excluding hydrogens is 291 g/mol. The van der Waals surface area contributed by atoms with Gasteiger partial charge in [0, 0.05) is 12.6 Å². The van der Waals surface area contributed by atoms with Crippen molar-refractivity contribution in [3.05, 3.63) is 29.6 Å². The molecule has 118 valence electrons. The third-order valence-corrected chi connectivity index (χ3v) is 6.03. The van der Waals surface area contributed by atoms with Gasteiger partial charge in [0.25, 0.3) is 0 Å². The van der Waals surface area contributed by atoms with Crippen LogP contribution in [0.1, 0.15) is 32.3 Å². The number of halogens is 1. The average Bonchev–Trinajstić information content (AvgIpc) is 2.72. The van der Waals surface area contributed by atoms with Gasteiger partial charge in [0.2, 0.25) is 10.0 Å². The summed E-state index contributed by atoms with van der Waals surface area (Å²) in [5.41, 5.74) is 0.574. The molecule has 0 amide bonds. The summed E-state index contributed by atoms with van der Waals surface area (Å²) in [5, 5.41) is 2.91. The molecule has 1 fully saturated rings. The predicted molar refractivity (Wildman–Crippen MR) is 80.8 cm³/mol.